The average molecular weight is 348 g/mol. The van der Waals surface area contributed by atoms with Crippen LogP contribution in [0.3, 0.4) is 0 Å². The zero-order valence-corrected chi connectivity index (χ0v) is 17.5. The maximum atomic E-state index is 6.16. The van der Waals surface area contributed by atoms with Gasteiger partial charge in [-0.1, -0.05) is 33.6 Å². The molecule has 1 N–H and O–H groups in total. The molecule has 1 atom stereocenters. The molecule has 1 fully saturated rings. The van der Waals surface area contributed by atoms with E-state index in [-0.39, 0.29) is 5.22 Å². The molecule has 4 nitrogen and oxygen atoms in total. The van der Waals surface area contributed by atoms with Crippen molar-refractivity contribution in [3.63, 3.8) is 0 Å². The van der Waals surface area contributed by atoms with Crippen LogP contribution in [0.25, 0.3) is 0 Å². The Hall–Kier alpha value is 0.0569. The lowest BCUT2D eigenvalue weighted by Gasteiger charge is -2.49. The lowest BCUT2D eigenvalue weighted by atomic mass is 10.1. The van der Waals surface area contributed by atoms with Crippen LogP contribution in [-0.2, 0) is 13.6 Å². The fourth-order valence-electron chi connectivity index (χ4n) is 3.46. The van der Waals surface area contributed by atoms with Crippen LogP contribution in [0, 0.1) is 0 Å². The Morgan fingerprint density at radius 1 is 0.913 bits per heavy atom. The molecule has 0 aromatic heterocycles. The van der Waals surface area contributed by atoms with Gasteiger partial charge in [-0.15, -0.1) is 0 Å². The molecular weight excluding hydrogens is 306 g/mol. The fourth-order valence-corrected chi connectivity index (χ4v) is 7.92. The number of ether oxygens (including phenoxy) is 1. The predicted molar refractivity (Wildman–Crippen MR) is 101 cm³/mol. The molecule has 0 saturated carbocycles. The highest BCUT2D eigenvalue weighted by atomic mass is 28.4. The van der Waals surface area contributed by atoms with Gasteiger partial charge >= 0.3 is 8.56 Å². The van der Waals surface area contributed by atoms with Crippen molar-refractivity contribution in [1.29, 1.82) is 0 Å². The van der Waals surface area contributed by atoms with Gasteiger partial charge in [0.05, 0.1) is 0 Å². The summed E-state index contributed by atoms with van der Waals surface area (Å²) in [6.07, 6.45) is 5.81. The van der Waals surface area contributed by atoms with Crippen molar-refractivity contribution in [1.82, 2.24) is 5.32 Å². The topological polar surface area (TPSA) is 39.7 Å². The highest BCUT2D eigenvalue weighted by molar-refractivity contribution is 6.70. The first-order chi connectivity index (χ1) is 11.1. The van der Waals surface area contributed by atoms with Gasteiger partial charge in [0.1, 0.15) is 5.22 Å². The Kier molecular flexibility index (Phi) is 13.4. The summed E-state index contributed by atoms with van der Waals surface area (Å²) in [4.78, 5) is 0. The van der Waals surface area contributed by atoms with Crippen LogP contribution in [0.5, 0.6) is 0 Å². The van der Waals surface area contributed by atoms with E-state index in [0.717, 1.165) is 51.8 Å². The monoisotopic (exact) mass is 347 g/mol. The summed E-state index contributed by atoms with van der Waals surface area (Å²) in [5.41, 5.74) is 0. The van der Waals surface area contributed by atoms with E-state index < -0.39 is 8.56 Å². The van der Waals surface area contributed by atoms with Crippen molar-refractivity contribution in [3.05, 3.63) is 0 Å². The quantitative estimate of drug-likeness (QED) is 0.469. The third-order valence-corrected chi connectivity index (χ3v) is 9.11. The Bertz CT molecular complexity index is 259. The van der Waals surface area contributed by atoms with Gasteiger partial charge in [0.2, 0.25) is 0 Å². The molecule has 0 amide bonds. The summed E-state index contributed by atoms with van der Waals surface area (Å²) in [5, 5.41) is 3.08. The predicted octanol–water partition coefficient (Wildman–Crippen LogP) is 4.42. The summed E-state index contributed by atoms with van der Waals surface area (Å²) >= 11 is 0. The molecule has 1 saturated heterocycles. The first-order valence-electron chi connectivity index (χ1n) is 9.74. The zero-order chi connectivity index (χ0) is 17.6. The summed E-state index contributed by atoms with van der Waals surface area (Å²) in [6.45, 7) is 17.2. The molecule has 1 aliphatic rings. The van der Waals surface area contributed by atoms with E-state index in [4.69, 9.17) is 13.6 Å². The average Bonchev–Trinajstić information content (AvgIpc) is 2.56. The van der Waals surface area contributed by atoms with Gasteiger partial charge in [-0.2, -0.15) is 0 Å². The molecule has 23 heavy (non-hydrogen) atoms. The van der Waals surface area contributed by atoms with E-state index in [2.05, 4.69) is 46.9 Å². The summed E-state index contributed by atoms with van der Waals surface area (Å²) in [5.74, 6) is 0. The van der Waals surface area contributed by atoms with Crippen LogP contribution in [0.4, 0.5) is 0 Å². The second-order valence-corrected chi connectivity index (χ2v) is 9.45. The first kappa shape index (κ1) is 23.1. The van der Waals surface area contributed by atoms with E-state index in [1.807, 2.05) is 0 Å². The second-order valence-electron chi connectivity index (χ2n) is 5.96. The van der Waals surface area contributed by atoms with Gasteiger partial charge in [-0.05, 0) is 59.2 Å². The number of rotatable bonds is 10. The minimum Gasteiger partial charge on any atom is -0.393 e. The van der Waals surface area contributed by atoms with Crippen molar-refractivity contribution >= 4 is 8.56 Å². The van der Waals surface area contributed by atoms with E-state index in [1.54, 1.807) is 0 Å². The maximum absolute atomic E-state index is 6.16. The standard InChI is InChI=1S/C13H28O3Si.C5H13N/c1-5-13(14-6-2)11-9-10-12-17(13,15-7-3)16-8-4;1-3-5-6-4-2/h5-12H2,1-4H3;6H,3-5H2,1-2H3. The number of nitrogens with one attached hydrogen (secondary N) is 1. The van der Waals surface area contributed by atoms with E-state index in [9.17, 15) is 0 Å². The van der Waals surface area contributed by atoms with Crippen molar-refractivity contribution in [2.75, 3.05) is 32.9 Å². The van der Waals surface area contributed by atoms with Crippen molar-refractivity contribution in [2.45, 2.75) is 84.9 Å². The molecule has 140 valence electrons. The third kappa shape index (κ3) is 6.82. The molecule has 5 heteroatoms. The zero-order valence-electron chi connectivity index (χ0n) is 16.5. The normalized spacial score (nSPS) is 23.2. The largest absolute Gasteiger partial charge is 0.393 e. The molecule has 0 spiro atoms. The first-order valence-corrected chi connectivity index (χ1v) is 11.8. The second kappa shape index (κ2) is 13.4. The minimum atomic E-state index is -2.21. The van der Waals surface area contributed by atoms with Gasteiger partial charge < -0.3 is 18.9 Å². The van der Waals surface area contributed by atoms with E-state index >= 15 is 0 Å². The SMILES string of the molecule is CCCNCC.CCOC1(CC)CCCC[Si]1(OCC)OCC. The molecule has 0 bridgehead atoms. The molecule has 1 heterocycles. The lowest BCUT2D eigenvalue weighted by molar-refractivity contribution is -0.0426. The molecule has 0 aliphatic carbocycles. The van der Waals surface area contributed by atoms with Crippen LogP contribution in [0.15, 0.2) is 0 Å². The maximum Gasteiger partial charge on any atom is 0.371 e. The highest BCUT2D eigenvalue weighted by Gasteiger charge is 2.58. The fraction of sp³-hybridized carbons (Fsp3) is 1.00. The van der Waals surface area contributed by atoms with Crippen LogP contribution in [0.1, 0.15) is 73.6 Å². The molecule has 1 unspecified atom stereocenters. The number of hydrogen-bond donors (Lipinski definition) is 1. The Morgan fingerprint density at radius 2 is 1.57 bits per heavy atom. The van der Waals surface area contributed by atoms with Gasteiger partial charge in [-0.3, -0.25) is 0 Å². The van der Waals surface area contributed by atoms with Crippen molar-refractivity contribution in [2.24, 2.45) is 0 Å². The Labute approximate surface area is 145 Å². The molecular formula is C18H41NO3Si. The van der Waals surface area contributed by atoms with Gasteiger partial charge in [-0.25, -0.2) is 0 Å². The van der Waals surface area contributed by atoms with E-state index in [0.29, 0.717) is 0 Å². The molecule has 0 radical (unpaired) electrons. The molecule has 0 aromatic carbocycles. The molecule has 0 aromatic rings. The molecule has 1 aliphatic heterocycles. The Morgan fingerprint density at radius 3 is 1.96 bits per heavy atom. The van der Waals surface area contributed by atoms with Crippen LogP contribution < -0.4 is 5.32 Å². The van der Waals surface area contributed by atoms with Gasteiger partial charge in [0.15, 0.2) is 0 Å². The summed E-state index contributed by atoms with van der Waals surface area (Å²) in [6, 6.07) is 1.09. The smallest absolute Gasteiger partial charge is 0.371 e. The van der Waals surface area contributed by atoms with E-state index in [1.165, 1.54) is 19.3 Å². The van der Waals surface area contributed by atoms with Crippen molar-refractivity contribution in [3.8, 4) is 0 Å². The number of hydrogen-bond acceptors (Lipinski definition) is 4. The minimum absolute atomic E-state index is 0.119. The van der Waals surface area contributed by atoms with Crippen LogP contribution in [0.2, 0.25) is 6.04 Å². The van der Waals surface area contributed by atoms with Crippen LogP contribution in [-0.4, -0.2) is 46.7 Å². The lowest BCUT2D eigenvalue weighted by Crippen LogP contribution is -2.65. The van der Waals surface area contributed by atoms with Crippen molar-refractivity contribution < 1.29 is 13.6 Å². The highest BCUT2D eigenvalue weighted by Crippen LogP contribution is 2.42. The summed E-state index contributed by atoms with van der Waals surface area (Å²) in [7, 11) is -2.21. The van der Waals surface area contributed by atoms with Gasteiger partial charge in [0.25, 0.3) is 0 Å². The van der Waals surface area contributed by atoms with Gasteiger partial charge in [0, 0.05) is 19.8 Å². The Balaban J connectivity index is 0.000000688. The molecule has 1 rings (SSSR count). The third-order valence-electron chi connectivity index (χ3n) is 4.45. The summed E-state index contributed by atoms with van der Waals surface area (Å²) < 4.78 is 18.5. The van der Waals surface area contributed by atoms with Crippen LogP contribution >= 0.6 is 0 Å².